The van der Waals surface area contributed by atoms with Crippen LogP contribution in [0.2, 0.25) is 0 Å². The van der Waals surface area contributed by atoms with Crippen molar-refractivity contribution in [3.05, 3.63) is 35.1 Å². The van der Waals surface area contributed by atoms with E-state index in [9.17, 15) is 22.4 Å². The number of halogens is 4. The molecule has 0 radical (unpaired) electrons. The van der Waals surface area contributed by atoms with Crippen LogP contribution >= 0.6 is 0 Å². The van der Waals surface area contributed by atoms with Gasteiger partial charge in [0.15, 0.2) is 0 Å². The lowest BCUT2D eigenvalue weighted by Gasteiger charge is -2.14. The third-order valence-electron chi connectivity index (χ3n) is 2.59. The Bertz CT molecular complexity index is 460. The van der Waals surface area contributed by atoms with E-state index in [-0.39, 0.29) is 18.0 Å². The van der Waals surface area contributed by atoms with Crippen LogP contribution in [0.15, 0.2) is 18.2 Å². The zero-order chi connectivity index (χ0) is 14.6. The number of alkyl halides is 3. The summed E-state index contributed by atoms with van der Waals surface area (Å²) in [6.07, 6.45) is -4.73. The molecule has 7 heteroatoms. The molecule has 0 aliphatic heterocycles. The Morgan fingerprint density at radius 3 is 2.53 bits per heavy atom. The second-order valence-electron chi connectivity index (χ2n) is 4.03. The van der Waals surface area contributed by atoms with E-state index in [1.165, 1.54) is 13.1 Å². The van der Waals surface area contributed by atoms with Crippen molar-refractivity contribution in [2.75, 3.05) is 7.05 Å². The molecule has 3 nitrogen and oxygen atoms in total. The molecular weight excluding hydrogens is 264 g/mol. The minimum Gasteiger partial charge on any atom is -0.358 e. The summed E-state index contributed by atoms with van der Waals surface area (Å²) in [4.78, 5) is 11.2. The molecule has 0 aromatic heterocycles. The van der Waals surface area contributed by atoms with Gasteiger partial charge in [-0.3, -0.25) is 4.79 Å². The lowest BCUT2D eigenvalue weighted by atomic mass is 10.1. The highest BCUT2D eigenvalue weighted by atomic mass is 19.4. The molecule has 19 heavy (non-hydrogen) atoms. The van der Waals surface area contributed by atoms with Crippen LogP contribution in [0.4, 0.5) is 17.6 Å². The largest absolute Gasteiger partial charge is 0.419 e. The zero-order valence-electron chi connectivity index (χ0n) is 10.4. The molecule has 1 rings (SSSR count). The van der Waals surface area contributed by atoms with Gasteiger partial charge in [-0.15, -0.1) is 0 Å². The van der Waals surface area contributed by atoms with Gasteiger partial charge in [0.05, 0.1) is 11.6 Å². The molecule has 2 N–H and O–H groups in total. The van der Waals surface area contributed by atoms with E-state index in [4.69, 9.17) is 0 Å². The van der Waals surface area contributed by atoms with Gasteiger partial charge in [0.2, 0.25) is 5.91 Å². The van der Waals surface area contributed by atoms with E-state index in [1.54, 1.807) is 6.92 Å². The second-order valence-corrected chi connectivity index (χ2v) is 4.03. The van der Waals surface area contributed by atoms with E-state index >= 15 is 0 Å². The van der Waals surface area contributed by atoms with Crippen LogP contribution in [0.1, 0.15) is 18.1 Å². The highest BCUT2D eigenvalue weighted by Crippen LogP contribution is 2.31. The van der Waals surface area contributed by atoms with Gasteiger partial charge in [-0.2, -0.15) is 13.2 Å². The average molecular weight is 278 g/mol. The molecule has 1 atom stereocenters. The first kappa shape index (κ1) is 15.4. The molecule has 106 valence electrons. The van der Waals surface area contributed by atoms with Crippen LogP contribution in [-0.4, -0.2) is 19.0 Å². The topological polar surface area (TPSA) is 41.1 Å². The van der Waals surface area contributed by atoms with Gasteiger partial charge in [0.1, 0.15) is 5.82 Å². The van der Waals surface area contributed by atoms with Crippen molar-refractivity contribution in [1.29, 1.82) is 0 Å². The Balaban J connectivity index is 2.78. The van der Waals surface area contributed by atoms with Crippen molar-refractivity contribution < 1.29 is 22.4 Å². The Morgan fingerprint density at radius 2 is 2.00 bits per heavy atom. The summed E-state index contributed by atoms with van der Waals surface area (Å²) < 4.78 is 50.5. The van der Waals surface area contributed by atoms with Gasteiger partial charge in [0, 0.05) is 13.6 Å². The Labute approximate surface area is 108 Å². The van der Waals surface area contributed by atoms with Gasteiger partial charge in [-0.1, -0.05) is 6.07 Å². The summed E-state index contributed by atoms with van der Waals surface area (Å²) in [5.41, 5.74) is -1.05. The van der Waals surface area contributed by atoms with Crippen LogP contribution in [0.25, 0.3) is 0 Å². The first-order chi connectivity index (χ1) is 8.75. The van der Waals surface area contributed by atoms with Gasteiger partial charge in [-0.25, -0.2) is 4.39 Å². The van der Waals surface area contributed by atoms with E-state index in [1.807, 2.05) is 0 Å². The fourth-order valence-electron chi connectivity index (χ4n) is 1.48. The molecule has 0 heterocycles. The monoisotopic (exact) mass is 278 g/mol. The smallest absolute Gasteiger partial charge is 0.358 e. The van der Waals surface area contributed by atoms with E-state index in [2.05, 4.69) is 10.6 Å². The van der Waals surface area contributed by atoms with Crippen molar-refractivity contribution in [2.45, 2.75) is 25.7 Å². The summed E-state index contributed by atoms with van der Waals surface area (Å²) in [6, 6.07) is 2.20. The van der Waals surface area contributed by atoms with Crippen LogP contribution in [0.5, 0.6) is 0 Å². The maximum absolute atomic E-state index is 13.0. The highest BCUT2D eigenvalue weighted by Gasteiger charge is 2.34. The minimum absolute atomic E-state index is 0.0396. The van der Waals surface area contributed by atoms with Crippen molar-refractivity contribution in [2.24, 2.45) is 0 Å². The van der Waals surface area contributed by atoms with Crippen LogP contribution < -0.4 is 10.6 Å². The molecule has 1 amide bonds. The van der Waals surface area contributed by atoms with E-state index in [0.717, 1.165) is 12.1 Å². The minimum atomic E-state index is -4.73. The summed E-state index contributed by atoms with van der Waals surface area (Å²) in [7, 11) is 1.46. The van der Waals surface area contributed by atoms with Crippen molar-refractivity contribution in [1.82, 2.24) is 10.6 Å². The Morgan fingerprint density at radius 1 is 1.37 bits per heavy atom. The molecule has 0 saturated carbocycles. The van der Waals surface area contributed by atoms with Crippen LogP contribution in [-0.2, 0) is 17.5 Å². The third kappa shape index (κ3) is 4.20. The number of carbonyl (C=O) groups excluding carboxylic acids is 1. The molecule has 1 unspecified atom stereocenters. The number of likely N-dealkylation sites (N-methyl/N-ethyl adjacent to an activating group) is 1. The Hall–Kier alpha value is -1.63. The lowest BCUT2D eigenvalue weighted by molar-refractivity contribution is -0.140. The predicted octanol–water partition coefficient (Wildman–Crippen LogP) is 2.07. The molecule has 0 fully saturated rings. The average Bonchev–Trinajstić information content (AvgIpc) is 2.35. The van der Waals surface area contributed by atoms with Crippen LogP contribution in [0, 0.1) is 5.82 Å². The first-order valence-corrected chi connectivity index (χ1v) is 5.56. The summed E-state index contributed by atoms with van der Waals surface area (Å²) in [5.74, 6) is -1.59. The molecule has 0 spiro atoms. The third-order valence-corrected chi connectivity index (χ3v) is 2.59. The number of nitrogens with one attached hydrogen (secondary N) is 2. The van der Waals surface area contributed by atoms with Crippen molar-refractivity contribution in [3.8, 4) is 0 Å². The van der Waals surface area contributed by atoms with Gasteiger partial charge in [-0.05, 0) is 24.6 Å². The fourth-order valence-corrected chi connectivity index (χ4v) is 1.48. The second kappa shape index (κ2) is 6.01. The molecular formula is C12H14F4N2O. The molecule has 0 saturated heterocycles. The summed E-state index contributed by atoms with van der Waals surface area (Å²) in [6.45, 7) is 1.62. The van der Waals surface area contributed by atoms with Crippen molar-refractivity contribution >= 4 is 5.91 Å². The molecule has 1 aromatic rings. The fraction of sp³-hybridized carbons (Fsp3) is 0.417. The van der Waals surface area contributed by atoms with Crippen LogP contribution in [0.3, 0.4) is 0 Å². The lowest BCUT2D eigenvalue weighted by Crippen LogP contribution is -2.40. The number of hydrogen-bond acceptors (Lipinski definition) is 2. The first-order valence-electron chi connectivity index (χ1n) is 5.56. The van der Waals surface area contributed by atoms with Gasteiger partial charge in [0.25, 0.3) is 0 Å². The number of carbonyl (C=O) groups is 1. The molecule has 0 aliphatic carbocycles. The SMILES string of the molecule is CNC(=O)C(C)NCc1ccc(F)c(C(F)(F)F)c1. The highest BCUT2D eigenvalue weighted by molar-refractivity contribution is 5.80. The molecule has 0 aliphatic rings. The standard InChI is InChI=1S/C12H14F4N2O/c1-7(11(19)17-2)18-6-8-3-4-10(13)9(5-8)12(14,15)16/h3-5,7,18H,6H2,1-2H3,(H,17,19). The Kier molecular flexibility index (Phi) is 4.88. The number of amides is 1. The van der Waals surface area contributed by atoms with Gasteiger partial charge >= 0.3 is 6.18 Å². The summed E-state index contributed by atoms with van der Waals surface area (Å²) >= 11 is 0. The maximum Gasteiger partial charge on any atom is 0.419 e. The number of hydrogen-bond donors (Lipinski definition) is 2. The predicted molar refractivity (Wildman–Crippen MR) is 61.8 cm³/mol. The van der Waals surface area contributed by atoms with E-state index < -0.39 is 23.6 Å². The zero-order valence-corrected chi connectivity index (χ0v) is 10.4. The number of benzene rings is 1. The molecule has 1 aromatic carbocycles. The van der Waals surface area contributed by atoms with Crippen molar-refractivity contribution in [3.63, 3.8) is 0 Å². The molecule has 0 bridgehead atoms. The number of rotatable bonds is 4. The maximum atomic E-state index is 13.0. The van der Waals surface area contributed by atoms with E-state index in [0.29, 0.717) is 0 Å². The quantitative estimate of drug-likeness (QED) is 0.828. The van der Waals surface area contributed by atoms with Gasteiger partial charge < -0.3 is 10.6 Å². The normalized spacial score (nSPS) is 13.2. The summed E-state index contributed by atoms with van der Waals surface area (Å²) in [5, 5.41) is 5.15.